The molecule has 3 rings (SSSR count). The molecule has 0 unspecified atom stereocenters. The first-order valence-corrected chi connectivity index (χ1v) is 10.1. The van der Waals surface area contributed by atoms with Crippen molar-refractivity contribution in [1.82, 2.24) is 24.5 Å². The first-order chi connectivity index (χ1) is 13.1. The maximum absolute atomic E-state index is 12.2. The molecule has 1 N–H and O–H groups in total. The van der Waals surface area contributed by atoms with Crippen LogP contribution in [0.4, 0.5) is 5.69 Å². The van der Waals surface area contributed by atoms with Gasteiger partial charge in [0, 0.05) is 29.4 Å². The number of halogens is 1. The molecule has 0 saturated carbocycles. The van der Waals surface area contributed by atoms with Gasteiger partial charge in [-0.1, -0.05) is 39.8 Å². The number of hydrogen-bond donors (Lipinski definition) is 1. The molecule has 2 heterocycles. The van der Waals surface area contributed by atoms with Gasteiger partial charge >= 0.3 is 0 Å². The van der Waals surface area contributed by atoms with Gasteiger partial charge in [-0.2, -0.15) is 5.10 Å². The normalized spacial score (nSPS) is 10.7. The summed E-state index contributed by atoms with van der Waals surface area (Å²) in [6, 6.07) is 7.48. The highest BCUT2D eigenvalue weighted by molar-refractivity contribution is 9.10. The fraction of sp³-hybridized carbons (Fsp3) is 0.222. The number of benzene rings is 1. The number of thioether (sulfide) groups is 1. The van der Waals surface area contributed by atoms with E-state index in [1.807, 2.05) is 46.6 Å². The molecule has 0 spiro atoms. The van der Waals surface area contributed by atoms with Crippen molar-refractivity contribution >= 4 is 39.3 Å². The van der Waals surface area contributed by atoms with Gasteiger partial charge in [0.15, 0.2) is 11.0 Å². The lowest BCUT2D eigenvalue weighted by Crippen LogP contribution is -2.14. The summed E-state index contributed by atoms with van der Waals surface area (Å²) in [6.45, 7) is 7.16. The van der Waals surface area contributed by atoms with E-state index in [4.69, 9.17) is 0 Å². The first kappa shape index (κ1) is 19.4. The second-order valence-corrected chi connectivity index (χ2v) is 7.50. The molecule has 1 aromatic carbocycles. The largest absolute Gasteiger partial charge is 0.325 e. The third kappa shape index (κ3) is 4.86. The van der Waals surface area contributed by atoms with Crippen LogP contribution in [0.1, 0.15) is 6.92 Å². The molecule has 0 aliphatic carbocycles. The number of aromatic nitrogens is 5. The Labute approximate surface area is 170 Å². The molecule has 27 heavy (non-hydrogen) atoms. The van der Waals surface area contributed by atoms with E-state index in [9.17, 15) is 4.79 Å². The average molecular weight is 447 g/mol. The lowest BCUT2D eigenvalue weighted by atomic mass is 10.3. The van der Waals surface area contributed by atoms with Crippen molar-refractivity contribution in [3.8, 4) is 11.4 Å². The first-order valence-electron chi connectivity index (χ1n) is 8.36. The Morgan fingerprint density at radius 1 is 1.41 bits per heavy atom. The average Bonchev–Trinajstić information content (AvgIpc) is 3.27. The van der Waals surface area contributed by atoms with E-state index in [0.717, 1.165) is 22.3 Å². The Bertz CT molecular complexity index is 951. The van der Waals surface area contributed by atoms with Gasteiger partial charge in [0.05, 0.1) is 17.5 Å². The quantitative estimate of drug-likeness (QED) is 0.420. The second kappa shape index (κ2) is 9.01. The molecule has 0 radical (unpaired) electrons. The van der Waals surface area contributed by atoms with Gasteiger partial charge < -0.3 is 5.32 Å². The zero-order chi connectivity index (χ0) is 19.2. The van der Waals surface area contributed by atoms with E-state index in [1.54, 1.807) is 12.3 Å². The number of aryl methyl sites for hydroxylation is 1. The van der Waals surface area contributed by atoms with E-state index >= 15 is 0 Å². The monoisotopic (exact) mass is 446 g/mol. The van der Waals surface area contributed by atoms with Crippen molar-refractivity contribution in [2.75, 3.05) is 11.1 Å². The standard InChI is InChI=1S/C18H19BrN6OS/c1-3-8-25-17(13-10-20-24(4-2)11-13)22-23-18(25)27-12-16(26)21-15-7-5-6-14(19)9-15/h3,5-7,9-11H,1,4,8,12H2,2H3,(H,21,26). The topological polar surface area (TPSA) is 77.6 Å². The van der Waals surface area contributed by atoms with Gasteiger partial charge in [0.25, 0.3) is 0 Å². The molecular weight excluding hydrogens is 428 g/mol. The fourth-order valence-electron chi connectivity index (χ4n) is 2.45. The van der Waals surface area contributed by atoms with Gasteiger partial charge in [-0.05, 0) is 25.1 Å². The highest BCUT2D eigenvalue weighted by Crippen LogP contribution is 2.24. The summed E-state index contributed by atoms with van der Waals surface area (Å²) in [5.41, 5.74) is 1.63. The molecule has 0 aliphatic heterocycles. The van der Waals surface area contributed by atoms with E-state index in [-0.39, 0.29) is 11.7 Å². The number of anilines is 1. The Morgan fingerprint density at radius 3 is 2.96 bits per heavy atom. The number of allylic oxidation sites excluding steroid dienone is 1. The summed E-state index contributed by atoms with van der Waals surface area (Å²) >= 11 is 4.73. The fourth-order valence-corrected chi connectivity index (χ4v) is 3.60. The number of hydrogen-bond acceptors (Lipinski definition) is 5. The predicted molar refractivity (Wildman–Crippen MR) is 111 cm³/mol. The van der Waals surface area contributed by atoms with Crippen LogP contribution in [0.3, 0.4) is 0 Å². The van der Waals surface area contributed by atoms with Crippen molar-refractivity contribution in [3.05, 3.63) is 53.8 Å². The van der Waals surface area contributed by atoms with Crippen molar-refractivity contribution < 1.29 is 4.79 Å². The summed E-state index contributed by atoms with van der Waals surface area (Å²) in [4.78, 5) is 12.2. The highest BCUT2D eigenvalue weighted by atomic mass is 79.9. The van der Waals surface area contributed by atoms with Gasteiger partial charge in [0.1, 0.15) is 0 Å². The Balaban J connectivity index is 1.71. The molecule has 2 aromatic heterocycles. The molecule has 1 amide bonds. The van der Waals surface area contributed by atoms with Crippen LogP contribution in [-0.4, -0.2) is 36.2 Å². The van der Waals surface area contributed by atoms with Crippen molar-refractivity contribution in [1.29, 1.82) is 0 Å². The summed E-state index contributed by atoms with van der Waals surface area (Å²) in [5, 5.41) is 16.3. The van der Waals surface area contributed by atoms with Crippen molar-refractivity contribution in [2.45, 2.75) is 25.2 Å². The Morgan fingerprint density at radius 2 is 2.26 bits per heavy atom. The molecule has 0 atom stereocenters. The van der Waals surface area contributed by atoms with Gasteiger partial charge in [0.2, 0.25) is 5.91 Å². The van der Waals surface area contributed by atoms with Crippen LogP contribution in [0.5, 0.6) is 0 Å². The summed E-state index contributed by atoms with van der Waals surface area (Å²) in [7, 11) is 0. The molecular formula is C18H19BrN6OS. The number of nitrogens with one attached hydrogen (secondary N) is 1. The molecule has 0 bridgehead atoms. The van der Waals surface area contributed by atoms with Gasteiger partial charge in [-0.3, -0.25) is 14.0 Å². The van der Waals surface area contributed by atoms with Gasteiger partial charge in [-0.15, -0.1) is 16.8 Å². The molecule has 9 heteroatoms. The lowest BCUT2D eigenvalue weighted by molar-refractivity contribution is -0.113. The van der Waals surface area contributed by atoms with Crippen molar-refractivity contribution in [3.63, 3.8) is 0 Å². The van der Waals surface area contributed by atoms with Crippen LogP contribution in [0.15, 0.2) is 58.9 Å². The van der Waals surface area contributed by atoms with Crippen molar-refractivity contribution in [2.24, 2.45) is 0 Å². The maximum Gasteiger partial charge on any atom is 0.234 e. The molecule has 0 aliphatic rings. The van der Waals surface area contributed by atoms with E-state index < -0.39 is 0 Å². The number of carbonyl (C=O) groups is 1. The van der Waals surface area contributed by atoms with Crippen LogP contribution in [0, 0.1) is 0 Å². The SMILES string of the molecule is C=CCn1c(SCC(=O)Nc2cccc(Br)c2)nnc1-c1cnn(CC)c1. The van der Waals surface area contributed by atoms with Gasteiger partial charge in [-0.25, -0.2) is 0 Å². The molecule has 7 nitrogen and oxygen atoms in total. The minimum absolute atomic E-state index is 0.105. The predicted octanol–water partition coefficient (Wildman–Crippen LogP) is 3.84. The highest BCUT2D eigenvalue weighted by Gasteiger charge is 2.16. The van der Waals surface area contributed by atoms with Crippen LogP contribution in [0.2, 0.25) is 0 Å². The third-order valence-electron chi connectivity index (χ3n) is 3.68. The third-order valence-corrected chi connectivity index (χ3v) is 5.14. The second-order valence-electron chi connectivity index (χ2n) is 5.64. The number of nitrogens with zero attached hydrogens (tertiary/aromatic N) is 5. The zero-order valence-corrected chi connectivity index (χ0v) is 17.2. The molecule has 0 saturated heterocycles. The van der Waals surface area contributed by atoms with Crippen LogP contribution >= 0.6 is 27.7 Å². The van der Waals surface area contributed by atoms with E-state index in [0.29, 0.717) is 17.5 Å². The number of carbonyl (C=O) groups excluding carboxylic acids is 1. The number of rotatable bonds is 8. The van der Waals surface area contributed by atoms with Crippen LogP contribution in [0.25, 0.3) is 11.4 Å². The summed E-state index contributed by atoms with van der Waals surface area (Å²) in [5.74, 6) is 0.840. The number of amides is 1. The lowest BCUT2D eigenvalue weighted by Gasteiger charge is -2.07. The van der Waals surface area contributed by atoms with Crippen LogP contribution in [-0.2, 0) is 17.9 Å². The minimum atomic E-state index is -0.105. The summed E-state index contributed by atoms with van der Waals surface area (Å²) in [6.07, 6.45) is 5.47. The smallest absolute Gasteiger partial charge is 0.234 e. The van der Waals surface area contributed by atoms with Crippen LogP contribution < -0.4 is 5.32 Å². The molecule has 0 fully saturated rings. The van der Waals surface area contributed by atoms with E-state index in [1.165, 1.54) is 11.8 Å². The minimum Gasteiger partial charge on any atom is -0.325 e. The molecule has 140 valence electrons. The maximum atomic E-state index is 12.2. The Kier molecular flexibility index (Phi) is 6.46. The molecule has 3 aromatic rings. The Hall–Kier alpha value is -2.39. The zero-order valence-electron chi connectivity index (χ0n) is 14.8. The summed E-state index contributed by atoms with van der Waals surface area (Å²) < 4.78 is 4.68. The van der Waals surface area contributed by atoms with E-state index in [2.05, 4.69) is 43.1 Å².